The van der Waals surface area contributed by atoms with Crippen molar-refractivity contribution in [1.29, 1.82) is 0 Å². The Morgan fingerprint density at radius 2 is 2.06 bits per heavy atom. The Kier molecular flexibility index (Phi) is 6.05. The molecule has 2 aromatic carbocycles. The lowest BCUT2D eigenvalue weighted by atomic mass is 10.00. The third-order valence-corrected chi connectivity index (χ3v) is 5.57. The van der Waals surface area contributed by atoms with E-state index in [1.54, 1.807) is 25.1 Å². The summed E-state index contributed by atoms with van der Waals surface area (Å²) in [6.45, 7) is 1.86. The topological polar surface area (TPSA) is 69.0 Å². The van der Waals surface area contributed by atoms with E-state index >= 15 is 8.78 Å². The number of carbonyl (C=O) groups excluding carboxylic acids is 1. The molecule has 1 aliphatic heterocycles. The Morgan fingerprint density at radius 3 is 2.78 bits per heavy atom. The number of rotatable bonds is 5. The van der Waals surface area contributed by atoms with Crippen molar-refractivity contribution < 1.29 is 22.7 Å². The molecular weight excluding hydrogens is 468 g/mol. The molecule has 0 aliphatic carbocycles. The zero-order chi connectivity index (χ0) is 23.0. The van der Waals surface area contributed by atoms with Gasteiger partial charge in [0.25, 0.3) is 5.91 Å². The number of hydrogen-bond acceptors (Lipinski definition) is 4. The highest BCUT2D eigenvalue weighted by Gasteiger charge is 2.47. The van der Waals surface area contributed by atoms with E-state index in [4.69, 9.17) is 27.9 Å². The predicted octanol–water partition coefficient (Wildman–Crippen LogP) is 5.14. The van der Waals surface area contributed by atoms with E-state index in [1.807, 2.05) is 0 Å². The number of fused-ring (bicyclic) bond motifs is 1. The summed E-state index contributed by atoms with van der Waals surface area (Å²) in [7, 11) is 0. The number of hydrogen-bond donors (Lipinski definition) is 1. The summed E-state index contributed by atoms with van der Waals surface area (Å²) >= 11 is 11.7. The predicted molar refractivity (Wildman–Crippen MR) is 112 cm³/mol. The summed E-state index contributed by atoms with van der Waals surface area (Å²) in [6.07, 6.45) is 0.297. The van der Waals surface area contributed by atoms with Crippen LogP contribution in [-0.2, 0) is 17.3 Å². The first kappa shape index (κ1) is 22.4. The molecule has 0 unspecified atom stereocenters. The van der Waals surface area contributed by atoms with Crippen molar-refractivity contribution in [3.63, 3.8) is 0 Å². The van der Waals surface area contributed by atoms with Crippen molar-refractivity contribution in [2.45, 2.75) is 31.9 Å². The minimum Gasteiger partial charge on any atom is -0.493 e. The summed E-state index contributed by atoms with van der Waals surface area (Å²) in [4.78, 5) is 16.5. The monoisotopic (exact) mass is 484 g/mol. The molecule has 1 aromatic heterocycles. The molecule has 0 bridgehead atoms. The Bertz CT molecular complexity index is 1190. The Balaban J connectivity index is 1.63. The maximum atomic E-state index is 15.2. The average Bonchev–Trinajstić information content (AvgIpc) is 3.21. The summed E-state index contributed by atoms with van der Waals surface area (Å²) in [5.74, 6) is -6.79. The molecule has 1 N–H and O–H groups in total. The van der Waals surface area contributed by atoms with Crippen LogP contribution in [0.2, 0.25) is 10.0 Å². The standard InChI is InChI=1S/C21H17Cl2F3N4O2/c1-2-30-19(28-18(29-30)11-3-5-14(23)15(24)9-11)21(25,26)20(31)27-16-7-8-32-17-6-4-12(22)10-13(16)17/h3-6,9-10,16H,2,7-8H2,1H3,(H,27,31)/t16-/m0/s1. The molecule has 1 amide bonds. The third-order valence-electron chi connectivity index (χ3n) is 5.03. The molecule has 0 saturated heterocycles. The van der Waals surface area contributed by atoms with E-state index in [9.17, 15) is 9.18 Å². The van der Waals surface area contributed by atoms with E-state index in [-0.39, 0.29) is 29.6 Å². The summed E-state index contributed by atoms with van der Waals surface area (Å²) in [6, 6.07) is 7.83. The number of ether oxygens (including phenoxy) is 1. The van der Waals surface area contributed by atoms with Gasteiger partial charge >= 0.3 is 5.92 Å². The van der Waals surface area contributed by atoms with E-state index in [0.717, 1.165) is 10.7 Å². The van der Waals surface area contributed by atoms with Crippen molar-refractivity contribution in [3.8, 4) is 17.1 Å². The lowest BCUT2D eigenvalue weighted by Crippen LogP contribution is -2.43. The molecule has 3 aromatic rings. The van der Waals surface area contributed by atoms with Gasteiger partial charge in [-0.25, -0.2) is 14.1 Å². The number of aromatic nitrogens is 3. The molecule has 0 radical (unpaired) electrons. The molecule has 6 nitrogen and oxygen atoms in total. The SMILES string of the molecule is CCn1nc(-c2ccc(Cl)c(F)c2)nc1C(F)(F)C(=O)N[C@H]1CCOc2ccc(Cl)cc21. The van der Waals surface area contributed by atoms with Gasteiger partial charge in [-0.1, -0.05) is 23.2 Å². The lowest BCUT2D eigenvalue weighted by molar-refractivity contribution is -0.149. The number of amides is 1. The molecule has 2 heterocycles. The van der Waals surface area contributed by atoms with Gasteiger partial charge in [0, 0.05) is 29.1 Å². The number of alkyl halides is 2. The third kappa shape index (κ3) is 4.14. The smallest absolute Gasteiger partial charge is 0.382 e. The largest absolute Gasteiger partial charge is 0.493 e. The van der Waals surface area contributed by atoms with E-state index in [2.05, 4.69) is 15.4 Å². The second-order valence-electron chi connectivity index (χ2n) is 7.12. The van der Waals surface area contributed by atoms with Gasteiger partial charge in [0.05, 0.1) is 17.7 Å². The van der Waals surface area contributed by atoms with Gasteiger partial charge in [0.2, 0.25) is 5.82 Å². The molecule has 1 atom stereocenters. The van der Waals surface area contributed by atoms with Crippen LogP contribution in [0.4, 0.5) is 13.2 Å². The highest BCUT2D eigenvalue weighted by Crippen LogP contribution is 2.36. The maximum Gasteiger partial charge on any atom is 0.382 e. The first-order chi connectivity index (χ1) is 15.2. The molecule has 4 rings (SSSR count). The normalized spacial score (nSPS) is 15.8. The Hall–Kier alpha value is -2.78. The van der Waals surface area contributed by atoms with Gasteiger partial charge in [-0.05, 0) is 43.3 Å². The zero-order valence-corrected chi connectivity index (χ0v) is 18.2. The van der Waals surface area contributed by atoms with Gasteiger partial charge in [0.15, 0.2) is 5.82 Å². The highest BCUT2D eigenvalue weighted by molar-refractivity contribution is 6.31. The Morgan fingerprint density at radius 1 is 1.28 bits per heavy atom. The first-order valence-corrected chi connectivity index (χ1v) is 10.5. The Labute approximate surface area is 191 Å². The van der Waals surface area contributed by atoms with Gasteiger partial charge < -0.3 is 10.1 Å². The van der Waals surface area contributed by atoms with Crippen LogP contribution in [-0.4, -0.2) is 27.3 Å². The quantitative estimate of drug-likeness (QED) is 0.544. The number of benzene rings is 2. The molecule has 0 spiro atoms. The molecular formula is C21H17Cl2F3N4O2. The van der Waals surface area contributed by atoms with Crippen molar-refractivity contribution in [1.82, 2.24) is 20.1 Å². The molecule has 32 heavy (non-hydrogen) atoms. The fraction of sp³-hybridized carbons (Fsp3) is 0.286. The van der Waals surface area contributed by atoms with E-state index < -0.39 is 29.5 Å². The number of carbonyl (C=O) groups is 1. The van der Waals surface area contributed by atoms with Gasteiger partial charge in [0.1, 0.15) is 11.6 Å². The maximum absolute atomic E-state index is 15.2. The van der Waals surface area contributed by atoms with Crippen molar-refractivity contribution >= 4 is 29.1 Å². The van der Waals surface area contributed by atoms with Crippen LogP contribution in [0, 0.1) is 5.82 Å². The molecule has 168 valence electrons. The summed E-state index contributed by atoms with van der Waals surface area (Å²) in [5.41, 5.74) is 0.673. The second kappa shape index (κ2) is 8.63. The van der Waals surface area contributed by atoms with Crippen LogP contribution in [0.3, 0.4) is 0 Å². The molecule has 0 saturated carbocycles. The average molecular weight is 485 g/mol. The molecule has 11 heteroatoms. The van der Waals surface area contributed by atoms with Crippen LogP contribution in [0.1, 0.15) is 30.8 Å². The number of nitrogens with zero attached hydrogens (tertiary/aromatic N) is 3. The van der Waals surface area contributed by atoms with Crippen LogP contribution in [0.5, 0.6) is 5.75 Å². The minimum atomic E-state index is -4.00. The highest BCUT2D eigenvalue weighted by atomic mass is 35.5. The van der Waals surface area contributed by atoms with Crippen LogP contribution < -0.4 is 10.1 Å². The second-order valence-corrected chi connectivity index (χ2v) is 7.97. The summed E-state index contributed by atoms with van der Waals surface area (Å²) in [5, 5.41) is 6.66. The van der Waals surface area contributed by atoms with Gasteiger partial charge in [-0.3, -0.25) is 4.79 Å². The van der Waals surface area contributed by atoms with Gasteiger partial charge in [-0.15, -0.1) is 0 Å². The van der Waals surface area contributed by atoms with Gasteiger partial charge in [-0.2, -0.15) is 13.9 Å². The number of halogens is 5. The lowest BCUT2D eigenvalue weighted by Gasteiger charge is -2.28. The summed E-state index contributed by atoms with van der Waals surface area (Å²) < 4.78 is 50.6. The minimum absolute atomic E-state index is 0.0248. The van der Waals surface area contributed by atoms with E-state index in [0.29, 0.717) is 22.8 Å². The first-order valence-electron chi connectivity index (χ1n) is 9.72. The molecule has 1 aliphatic rings. The fourth-order valence-corrected chi connectivity index (χ4v) is 3.72. The van der Waals surface area contributed by atoms with E-state index in [1.165, 1.54) is 12.1 Å². The fourth-order valence-electron chi connectivity index (χ4n) is 3.42. The number of aryl methyl sites for hydroxylation is 1. The van der Waals surface area contributed by atoms with Crippen LogP contribution in [0.15, 0.2) is 36.4 Å². The van der Waals surface area contributed by atoms with Crippen LogP contribution >= 0.6 is 23.2 Å². The zero-order valence-electron chi connectivity index (χ0n) is 16.7. The van der Waals surface area contributed by atoms with Crippen molar-refractivity contribution in [2.24, 2.45) is 0 Å². The number of nitrogens with one attached hydrogen (secondary N) is 1. The van der Waals surface area contributed by atoms with Crippen molar-refractivity contribution in [2.75, 3.05) is 6.61 Å². The molecule has 0 fully saturated rings. The van der Waals surface area contributed by atoms with Crippen LogP contribution in [0.25, 0.3) is 11.4 Å². The van der Waals surface area contributed by atoms with Crippen molar-refractivity contribution in [3.05, 3.63) is 63.6 Å².